The molecule has 0 aliphatic heterocycles. The Labute approximate surface area is 117 Å². The first-order valence-electron chi connectivity index (χ1n) is 7.16. The third kappa shape index (κ3) is 3.98. The highest BCUT2D eigenvalue weighted by atomic mass is 19.4. The number of halogens is 3. The minimum Gasteiger partial charge on any atom is -0.327 e. The summed E-state index contributed by atoms with van der Waals surface area (Å²) in [6.45, 7) is 0. The monoisotopic (exact) mass is 289 g/mol. The van der Waals surface area contributed by atoms with Gasteiger partial charge in [-0.15, -0.1) is 0 Å². The molecule has 1 unspecified atom stereocenters. The van der Waals surface area contributed by atoms with Gasteiger partial charge in [0.25, 0.3) is 0 Å². The van der Waals surface area contributed by atoms with Gasteiger partial charge in [0, 0.05) is 19.3 Å². The average Bonchev–Trinajstić information content (AvgIpc) is 2.81. The van der Waals surface area contributed by atoms with Crippen molar-refractivity contribution >= 4 is 0 Å². The number of rotatable bonds is 4. The lowest BCUT2D eigenvalue weighted by atomic mass is 9.77. The smallest absolute Gasteiger partial charge is 0.327 e. The molecule has 1 fully saturated rings. The first-order chi connectivity index (χ1) is 9.36. The Morgan fingerprint density at radius 3 is 2.50 bits per heavy atom. The summed E-state index contributed by atoms with van der Waals surface area (Å²) in [5.41, 5.74) is 7.28. The highest BCUT2D eigenvalue weighted by Gasteiger charge is 2.42. The van der Waals surface area contributed by atoms with E-state index in [9.17, 15) is 13.2 Å². The van der Waals surface area contributed by atoms with Crippen LogP contribution >= 0.6 is 0 Å². The fourth-order valence-corrected chi connectivity index (χ4v) is 3.04. The van der Waals surface area contributed by atoms with Crippen molar-refractivity contribution < 1.29 is 13.2 Å². The minimum atomic E-state index is -4.04. The summed E-state index contributed by atoms with van der Waals surface area (Å²) in [4.78, 5) is 0. The molecule has 1 aromatic heterocycles. The predicted molar refractivity (Wildman–Crippen MR) is 71.0 cm³/mol. The third-order valence-electron chi connectivity index (χ3n) is 4.36. The van der Waals surface area contributed by atoms with Gasteiger partial charge in [0.15, 0.2) is 0 Å². The normalized spacial score (nSPS) is 25.6. The number of nitrogens with two attached hydrogens (primary N) is 1. The lowest BCUT2D eigenvalue weighted by Gasteiger charge is -2.33. The largest absolute Gasteiger partial charge is 0.391 e. The van der Waals surface area contributed by atoms with Gasteiger partial charge in [-0.1, -0.05) is 0 Å². The number of nitrogens with zero attached hydrogens (tertiary/aromatic N) is 2. The maximum atomic E-state index is 12.6. The second kappa shape index (κ2) is 6.16. The Morgan fingerprint density at radius 2 is 2.00 bits per heavy atom. The zero-order valence-corrected chi connectivity index (χ0v) is 11.7. The molecule has 1 aliphatic carbocycles. The molecule has 0 spiro atoms. The fourth-order valence-electron chi connectivity index (χ4n) is 3.04. The van der Waals surface area contributed by atoms with E-state index in [1.807, 2.05) is 19.4 Å². The number of hydrogen-bond acceptors (Lipinski definition) is 2. The maximum Gasteiger partial charge on any atom is 0.391 e. The van der Waals surface area contributed by atoms with Crippen LogP contribution in [0.1, 0.15) is 37.7 Å². The molecule has 1 atom stereocenters. The SMILES string of the molecule is Cn1cc(CCC(N)C2CCC(C(F)(F)F)CC2)cn1. The quantitative estimate of drug-likeness (QED) is 0.926. The molecule has 2 N–H and O–H groups in total. The van der Waals surface area contributed by atoms with E-state index in [-0.39, 0.29) is 24.8 Å². The topological polar surface area (TPSA) is 43.8 Å². The van der Waals surface area contributed by atoms with Gasteiger partial charge >= 0.3 is 6.18 Å². The molecule has 2 rings (SSSR count). The van der Waals surface area contributed by atoms with Crippen molar-refractivity contribution in [1.29, 1.82) is 0 Å². The van der Waals surface area contributed by atoms with Gasteiger partial charge in [0.2, 0.25) is 0 Å². The zero-order chi connectivity index (χ0) is 14.8. The van der Waals surface area contributed by atoms with E-state index in [2.05, 4.69) is 5.10 Å². The van der Waals surface area contributed by atoms with Crippen LogP contribution in [0.5, 0.6) is 0 Å². The summed E-state index contributed by atoms with van der Waals surface area (Å²) in [7, 11) is 1.86. The van der Waals surface area contributed by atoms with E-state index in [1.165, 1.54) is 0 Å². The molecule has 0 radical (unpaired) electrons. The van der Waals surface area contributed by atoms with Gasteiger partial charge in [-0.05, 0) is 50.0 Å². The standard InChI is InChI=1S/C14H22F3N3/c1-20-9-10(8-19-20)2-7-13(18)11-3-5-12(6-4-11)14(15,16)17/h8-9,11-13H,2-7,18H2,1H3. The van der Waals surface area contributed by atoms with Crippen LogP contribution in [0.2, 0.25) is 0 Å². The lowest BCUT2D eigenvalue weighted by molar-refractivity contribution is -0.184. The highest BCUT2D eigenvalue weighted by Crippen LogP contribution is 2.40. The van der Waals surface area contributed by atoms with Crippen LogP contribution in [-0.4, -0.2) is 22.0 Å². The second-order valence-corrected chi connectivity index (χ2v) is 5.88. The van der Waals surface area contributed by atoms with Crippen molar-refractivity contribution in [2.45, 2.75) is 50.7 Å². The Bertz CT molecular complexity index is 420. The van der Waals surface area contributed by atoms with E-state index < -0.39 is 12.1 Å². The van der Waals surface area contributed by atoms with Crippen molar-refractivity contribution in [3.8, 4) is 0 Å². The van der Waals surface area contributed by atoms with Crippen molar-refractivity contribution in [1.82, 2.24) is 9.78 Å². The van der Waals surface area contributed by atoms with Crippen molar-refractivity contribution in [3.05, 3.63) is 18.0 Å². The lowest BCUT2D eigenvalue weighted by Crippen LogP contribution is -2.36. The van der Waals surface area contributed by atoms with Gasteiger partial charge in [-0.3, -0.25) is 4.68 Å². The number of aryl methyl sites for hydroxylation is 2. The molecule has 1 aliphatic rings. The summed E-state index contributed by atoms with van der Waals surface area (Å²) in [6, 6.07) is -0.00982. The zero-order valence-electron chi connectivity index (χ0n) is 11.7. The van der Waals surface area contributed by atoms with Crippen LogP contribution < -0.4 is 5.73 Å². The first kappa shape index (κ1) is 15.4. The van der Waals surface area contributed by atoms with Crippen LogP contribution in [0.15, 0.2) is 12.4 Å². The van der Waals surface area contributed by atoms with Crippen molar-refractivity contribution in [2.75, 3.05) is 0 Å². The summed E-state index contributed by atoms with van der Waals surface area (Å²) >= 11 is 0. The molecule has 0 amide bonds. The van der Waals surface area contributed by atoms with E-state index in [1.54, 1.807) is 4.68 Å². The maximum absolute atomic E-state index is 12.6. The third-order valence-corrected chi connectivity index (χ3v) is 4.36. The Balaban J connectivity index is 1.76. The molecule has 0 saturated heterocycles. The predicted octanol–water partition coefficient (Wildman–Crippen LogP) is 3.05. The number of aromatic nitrogens is 2. The van der Waals surface area contributed by atoms with E-state index in [0.29, 0.717) is 12.8 Å². The molecule has 1 saturated carbocycles. The molecule has 1 aromatic rings. The second-order valence-electron chi connectivity index (χ2n) is 5.88. The van der Waals surface area contributed by atoms with Crippen molar-refractivity contribution in [3.63, 3.8) is 0 Å². The van der Waals surface area contributed by atoms with Gasteiger partial charge in [0.05, 0.1) is 12.1 Å². The molecule has 1 heterocycles. The Morgan fingerprint density at radius 1 is 1.35 bits per heavy atom. The van der Waals surface area contributed by atoms with Crippen LogP contribution in [0, 0.1) is 11.8 Å². The molecule has 3 nitrogen and oxygen atoms in total. The first-order valence-corrected chi connectivity index (χ1v) is 7.16. The summed E-state index contributed by atoms with van der Waals surface area (Å²) < 4.78 is 39.5. The van der Waals surface area contributed by atoms with Crippen molar-refractivity contribution in [2.24, 2.45) is 24.6 Å². The summed E-state index contributed by atoms with van der Waals surface area (Å²) in [6.07, 6.45) is 3.03. The average molecular weight is 289 g/mol. The van der Waals surface area contributed by atoms with Gasteiger partial charge in [-0.25, -0.2) is 0 Å². The number of alkyl halides is 3. The van der Waals surface area contributed by atoms with Gasteiger partial charge < -0.3 is 5.73 Å². The molecule has 6 heteroatoms. The van der Waals surface area contributed by atoms with Crippen LogP contribution in [0.4, 0.5) is 13.2 Å². The molecular formula is C14H22F3N3. The Hall–Kier alpha value is -1.04. The molecule has 0 aromatic carbocycles. The molecular weight excluding hydrogens is 267 g/mol. The van der Waals surface area contributed by atoms with Gasteiger partial charge in [-0.2, -0.15) is 18.3 Å². The van der Waals surface area contributed by atoms with E-state index in [4.69, 9.17) is 5.73 Å². The Kier molecular flexibility index (Phi) is 4.73. The minimum absolute atomic E-state index is 0.00982. The number of hydrogen-bond donors (Lipinski definition) is 1. The van der Waals surface area contributed by atoms with Crippen LogP contribution in [0.3, 0.4) is 0 Å². The van der Waals surface area contributed by atoms with Crippen LogP contribution in [-0.2, 0) is 13.5 Å². The fraction of sp³-hybridized carbons (Fsp3) is 0.786. The van der Waals surface area contributed by atoms with E-state index in [0.717, 1.165) is 18.4 Å². The van der Waals surface area contributed by atoms with Gasteiger partial charge in [0.1, 0.15) is 0 Å². The molecule has 0 bridgehead atoms. The summed E-state index contributed by atoms with van der Waals surface area (Å²) in [5, 5.41) is 4.09. The highest BCUT2D eigenvalue weighted by molar-refractivity contribution is 5.04. The molecule has 20 heavy (non-hydrogen) atoms. The summed E-state index contributed by atoms with van der Waals surface area (Å²) in [5.74, 6) is -0.894. The van der Waals surface area contributed by atoms with E-state index >= 15 is 0 Å². The molecule has 114 valence electrons. The van der Waals surface area contributed by atoms with Crippen LogP contribution in [0.25, 0.3) is 0 Å².